The third kappa shape index (κ3) is 4.86. The maximum absolute atomic E-state index is 13.0. The van der Waals surface area contributed by atoms with Crippen molar-refractivity contribution in [3.05, 3.63) is 18.2 Å². The van der Waals surface area contributed by atoms with Crippen molar-refractivity contribution >= 4 is 10.0 Å². The Balaban J connectivity index is 2.19. The van der Waals surface area contributed by atoms with Crippen LogP contribution in [0.5, 0.6) is 11.5 Å². The summed E-state index contributed by atoms with van der Waals surface area (Å²) in [4.78, 5) is 0.214. The highest BCUT2D eigenvalue weighted by atomic mass is 32.2. The van der Waals surface area contributed by atoms with E-state index < -0.39 is 10.0 Å². The number of ether oxygens (including phenoxy) is 2. The Morgan fingerprint density at radius 2 is 1.92 bits per heavy atom. The standard InChI is InChI=1S/C18H26N2O4S/c1-4-20(14-18(2,3)9-5-6-10-19)25(21,22)15-7-8-16-17(13-15)24-12-11-23-16/h7-8,13H,4-6,9,11-12,14H2,1-3H3. The lowest BCUT2D eigenvalue weighted by Crippen LogP contribution is -2.38. The van der Waals surface area contributed by atoms with Gasteiger partial charge in [-0.25, -0.2) is 8.42 Å². The molecular formula is C18H26N2O4S. The van der Waals surface area contributed by atoms with Crippen LogP contribution in [-0.4, -0.2) is 39.0 Å². The van der Waals surface area contributed by atoms with Crippen LogP contribution in [0.4, 0.5) is 0 Å². The minimum Gasteiger partial charge on any atom is -0.486 e. The molecule has 138 valence electrons. The predicted molar refractivity (Wildman–Crippen MR) is 95.1 cm³/mol. The molecule has 0 unspecified atom stereocenters. The average molecular weight is 366 g/mol. The van der Waals surface area contributed by atoms with E-state index in [2.05, 4.69) is 6.07 Å². The minimum atomic E-state index is -3.62. The molecule has 2 rings (SSSR count). The van der Waals surface area contributed by atoms with Crippen LogP contribution in [0.3, 0.4) is 0 Å². The fourth-order valence-corrected chi connectivity index (χ4v) is 4.56. The molecule has 1 aliphatic heterocycles. The van der Waals surface area contributed by atoms with E-state index in [1.807, 2.05) is 20.8 Å². The maximum atomic E-state index is 13.0. The van der Waals surface area contributed by atoms with E-state index in [1.165, 1.54) is 10.4 Å². The summed E-state index contributed by atoms with van der Waals surface area (Å²) >= 11 is 0. The Labute approximate surface area is 150 Å². The number of hydrogen-bond acceptors (Lipinski definition) is 5. The number of nitrogens with zero attached hydrogens (tertiary/aromatic N) is 2. The molecule has 0 N–H and O–H groups in total. The van der Waals surface area contributed by atoms with Crippen molar-refractivity contribution in [2.45, 2.75) is 44.9 Å². The second-order valence-electron chi connectivity index (χ2n) is 6.91. The van der Waals surface area contributed by atoms with Crippen LogP contribution in [0, 0.1) is 16.7 Å². The average Bonchev–Trinajstić information content (AvgIpc) is 2.59. The van der Waals surface area contributed by atoms with Crippen LogP contribution in [0.25, 0.3) is 0 Å². The SMILES string of the molecule is CCN(CC(C)(C)CCCC#N)S(=O)(=O)c1ccc2c(c1)OCCO2. The highest BCUT2D eigenvalue weighted by Crippen LogP contribution is 2.34. The second-order valence-corrected chi connectivity index (χ2v) is 8.85. The molecule has 0 radical (unpaired) electrons. The molecule has 0 amide bonds. The van der Waals surface area contributed by atoms with Gasteiger partial charge >= 0.3 is 0 Å². The second kappa shape index (κ2) is 8.07. The third-order valence-electron chi connectivity index (χ3n) is 4.25. The summed E-state index contributed by atoms with van der Waals surface area (Å²) in [5, 5.41) is 8.69. The summed E-state index contributed by atoms with van der Waals surface area (Å²) in [7, 11) is -3.62. The van der Waals surface area contributed by atoms with Gasteiger partial charge in [-0.2, -0.15) is 9.57 Å². The molecule has 0 aromatic heterocycles. The van der Waals surface area contributed by atoms with Gasteiger partial charge in [0.25, 0.3) is 0 Å². The Bertz CT molecular complexity index is 738. The molecule has 25 heavy (non-hydrogen) atoms. The van der Waals surface area contributed by atoms with Gasteiger partial charge in [0.05, 0.1) is 11.0 Å². The van der Waals surface area contributed by atoms with Crippen molar-refractivity contribution in [3.63, 3.8) is 0 Å². The Morgan fingerprint density at radius 3 is 2.56 bits per heavy atom. The van der Waals surface area contributed by atoms with Gasteiger partial charge in [0.15, 0.2) is 11.5 Å². The predicted octanol–water partition coefficient (Wildman–Crippen LogP) is 3.19. The van der Waals surface area contributed by atoms with E-state index >= 15 is 0 Å². The zero-order chi connectivity index (χ0) is 18.5. The molecule has 1 aromatic carbocycles. The van der Waals surface area contributed by atoms with Gasteiger partial charge in [0, 0.05) is 25.6 Å². The lowest BCUT2D eigenvalue weighted by Gasteiger charge is -2.31. The van der Waals surface area contributed by atoms with Gasteiger partial charge in [0.1, 0.15) is 13.2 Å². The van der Waals surface area contributed by atoms with Crippen LogP contribution >= 0.6 is 0 Å². The molecule has 0 bridgehead atoms. The molecule has 0 atom stereocenters. The molecule has 0 saturated carbocycles. The fourth-order valence-electron chi connectivity index (χ4n) is 2.90. The molecule has 1 aliphatic rings. The van der Waals surface area contributed by atoms with Crippen molar-refractivity contribution in [2.75, 3.05) is 26.3 Å². The van der Waals surface area contributed by atoms with Crippen molar-refractivity contribution in [3.8, 4) is 17.6 Å². The highest BCUT2D eigenvalue weighted by Gasteiger charge is 2.30. The first-order valence-corrected chi connectivity index (χ1v) is 10.0. The molecule has 0 saturated heterocycles. The van der Waals surface area contributed by atoms with Gasteiger partial charge in [-0.1, -0.05) is 20.8 Å². The normalized spacial score (nSPS) is 14.4. The number of hydrogen-bond donors (Lipinski definition) is 0. The Morgan fingerprint density at radius 1 is 1.24 bits per heavy atom. The number of benzene rings is 1. The number of unbranched alkanes of at least 4 members (excludes halogenated alkanes) is 1. The fraction of sp³-hybridized carbons (Fsp3) is 0.611. The number of rotatable bonds is 8. The molecule has 6 nitrogen and oxygen atoms in total. The van der Waals surface area contributed by atoms with Crippen LogP contribution in [0.1, 0.15) is 40.0 Å². The zero-order valence-corrected chi connectivity index (χ0v) is 15.9. The first-order chi connectivity index (χ1) is 11.8. The highest BCUT2D eigenvalue weighted by molar-refractivity contribution is 7.89. The largest absolute Gasteiger partial charge is 0.486 e. The van der Waals surface area contributed by atoms with Gasteiger partial charge in [-0.05, 0) is 30.4 Å². The quantitative estimate of drug-likeness (QED) is 0.660. The molecule has 0 fully saturated rings. The summed E-state index contributed by atoms with van der Waals surface area (Å²) in [5.41, 5.74) is -0.201. The molecule has 7 heteroatoms. The summed E-state index contributed by atoms with van der Waals surface area (Å²) in [6.07, 6.45) is 2.06. The topological polar surface area (TPSA) is 79.6 Å². The third-order valence-corrected chi connectivity index (χ3v) is 6.17. The van der Waals surface area contributed by atoms with Crippen LogP contribution < -0.4 is 9.47 Å². The monoisotopic (exact) mass is 366 g/mol. The lowest BCUT2D eigenvalue weighted by atomic mass is 9.87. The van der Waals surface area contributed by atoms with Crippen molar-refractivity contribution in [1.29, 1.82) is 5.26 Å². The van der Waals surface area contributed by atoms with Crippen LogP contribution in [0.2, 0.25) is 0 Å². The summed E-state index contributed by atoms with van der Waals surface area (Å²) in [6, 6.07) is 6.88. The molecule has 0 aliphatic carbocycles. The zero-order valence-electron chi connectivity index (χ0n) is 15.1. The summed E-state index contributed by atoms with van der Waals surface area (Å²) in [6.45, 7) is 7.58. The van der Waals surface area contributed by atoms with Gasteiger partial charge in [0.2, 0.25) is 10.0 Å². The van der Waals surface area contributed by atoms with Crippen LogP contribution in [-0.2, 0) is 10.0 Å². The number of nitriles is 1. The Kier molecular flexibility index (Phi) is 6.31. The van der Waals surface area contributed by atoms with Crippen LogP contribution in [0.15, 0.2) is 23.1 Å². The van der Waals surface area contributed by atoms with Gasteiger partial charge < -0.3 is 9.47 Å². The van der Waals surface area contributed by atoms with Gasteiger partial charge in [-0.3, -0.25) is 0 Å². The van der Waals surface area contributed by atoms with E-state index in [0.29, 0.717) is 44.2 Å². The Hall–Kier alpha value is -1.78. The van der Waals surface area contributed by atoms with E-state index in [0.717, 1.165) is 12.8 Å². The van der Waals surface area contributed by atoms with E-state index in [9.17, 15) is 8.42 Å². The molecule has 0 spiro atoms. The molecule has 1 aromatic rings. The lowest BCUT2D eigenvalue weighted by molar-refractivity contribution is 0.171. The summed E-state index contributed by atoms with van der Waals surface area (Å²) in [5.74, 6) is 1.04. The number of fused-ring (bicyclic) bond motifs is 1. The van der Waals surface area contributed by atoms with Crippen molar-refractivity contribution < 1.29 is 17.9 Å². The first kappa shape index (κ1) is 19.5. The van der Waals surface area contributed by atoms with E-state index in [-0.39, 0.29) is 10.3 Å². The summed E-state index contributed by atoms with van der Waals surface area (Å²) < 4.78 is 38.5. The minimum absolute atomic E-state index is 0.201. The number of sulfonamides is 1. The molecular weight excluding hydrogens is 340 g/mol. The van der Waals surface area contributed by atoms with Gasteiger partial charge in [-0.15, -0.1) is 0 Å². The van der Waals surface area contributed by atoms with E-state index in [4.69, 9.17) is 14.7 Å². The van der Waals surface area contributed by atoms with Crippen molar-refractivity contribution in [2.24, 2.45) is 5.41 Å². The smallest absolute Gasteiger partial charge is 0.243 e. The molecule has 1 heterocycles. The van der Waals surface area contributed by atoms with Crippen molar-refractivity contribution in [1.82, 2.24) is 4.31 Å². The first-order valence-electron chi connectivity index (χ1n) is 8.57. The van der Waals surface area contributed by atoms with E-state index in [1.54, 1.807) is 12.1 Å². The maximum Gasteiger partial charge on any atom is 0.243 e.